The third-order valence-electron chi connectivity index (χ3n) is 4.52. The Balaban J connectivity index is 1.58. The monoisotopic (exact) mass is 456 g/mol. The van der Waals surface area contributed by atoms with Gasteiger partial charge in [-0.25, -0.2) is 17.8 Å². The Hall–Kier alpha value is -3.44. The quantitative estimate of drug-likeness (QED) is 0.464. The highest BCUT2D eigenvalue weighted by Crippen LogP contribution is 2.18. The van der Waals surface area contributed by atoms with Gasteiger partial charge in [-0.1, -0.05) is 12.1 Å². The Morgan fingerprint density at radius 2 is 1.94 bits per heavy atom. The van der Waals surface area contributed by atoms with Crippen molar-refractivity contribution in [2.45, 2.75) is 17.6 Å². The molecule has 0 atom stereocenters. The second-order valence-electron chi connectivity index (χ2n) is 6.91. The van der Waals surface area contributed by atoms with Crippen molar-refractivity contribution in [3.8, 4) is 5.82 Å². The number of carbonyl (C=O) groups is 1. The maximum atomic E-state index is 12.7. The summed E-state index contributed by atoms with van der Waals surface area (Å²) in [6.07, 6.45) is -0.236. The van der Waals surface area contributed by atoms with Crippen LogP contribution in [0.25, 0.3) is 16.7 Å². The SMILES string of the molecule is Cc1ccc2c(=O)n(-c3ccc(CC(=O)CS(=O)(=O)c4cccs4)nn3)c(=O)[nH]c2c1. The summed E-state index contributed by atoms with van der Waals surface area (Å²) in [5.74, 6) is -1.18. The number of ketones is 1. The van der Waals surface area contributed by atoms with Gasteiger partial charge in [0.1, 0.15) is 9.96 Å². The molecule has 0 spiro atoms. The maximum absolute atomic E-state index is 12.7. The molecule has 0 aliphatic carbocycles. The molecule has 0 amide bonds. The number of thiophene rings is 1. The number of benzene rings is 1. The van der Waals surface area contributed by atoms with Crippen LogP contribution in [-0.2, 0) is 21.1 Å². The first-order chi connectivity index (χ1) is 14.7. The van der Waals surface area contributed by atoms with Crippen molar-refractivity contribution < 1.29 is 13.2 Å². The normalized spacial score (nSPS) is 11.6. The number of hydrogen-bond donors (Lipinski definition) is 1. The number of aryl methyl sites for hydroxylation is 1. The molecule has 0 saturated carbocycles. The van der Waals surface area contributed by atoms with E-state index in [-0.39, 0.29) is 22.1 Å². The minimum absolute atomic E-state index is 0.00358. The highest BCUT2D eigenvalue weighted by molar-refractivity contribution is 7.94. The number of H-pyrrole nitrogens is 1. The van der Waals surface area contributed by atoms with Crippen molar-refractivity contribution in [2.24, 2.45) is 0 Å². The number of fused-ring (bicyclic) bond motifs is 1. The molecule has 3 heterocycles. The standard InChI is InChI=1S/C20H16N4O5S2/c1-12-4-6-15-16(9-12)21-20(27)24(19(15)26)17-7-5-13(22-23-17)10-14(25)11-31(28,29)18-3-2-8-30-18/h2-9H,10-11H2,1H3,(H,21,27). The van der Waals surface area contributed by atoms with Gasteiger partial charge in [0.2, 0.25) is 0 Å². The molecule has 31 heavy (non-hydrogen) atoms. The smallest absolute Gasteiger partial charge is 0.306 e. The fourth-order valence-corrected chi connectivity index (χ4v) is 5.42. The summed E-state index contributed by atoms with van der Waals surface area (Å²) < 4.78 is 25.4. The predicted octanol–water partition coefficient (Wildman–Crippen LogP) is 1.42. The largest absolute Gasteiger partial charge is 0.334 e. The molecule has 0 unspecified atom stereocenters. The number of sulfone groups is 1. The average Bonchev–Trinajstić information content (AvgIpc) is 3.24. The third kappa shape index (κ3) is 4.23. The van der Waals surface area contributed by atoms with Crippen molar-refractivity contribution in [1.29, 1.82) is 0 Å². The summed E-state index contributed by atoms with van der Waals surface area (Å²) in [5.41, 5.74) is 0.349. The van der Waals surface area contributed by atoms with Crippen LogP contribution in [0.5, 0.6) is 0 Å². The Bertz CT molecular complexity index is 1500. The van der Waals surface area contributed by atoms with Gasteiger partial charge >= 0.3 is 5.69 Å². The van der Waals surface area contributed by atoms with E-state index in [0.717, 1.165) is 21.5 Å². The molecule has 158 valence electrons. The van der Waals surface area contributed by atoms with Crippen molar-refractivity contribution in [3.63, 3.8) is 0 Å². The first-order valence-electron chi connectivity index (χ1n) is 9.11. The average molecular weight is 457 g/mol. The molecule has 1 aromatic carbocycles. The Morgan fingerprint density at radius 1 is 1.13 bits per heavy atom. The zero-order valence-electron chi connectivity index (χ0n) is 16.2. The molecule has 11 heteroatoms. The lowest BCUT2D eigenvalue weighted by Crippen LogP contribution is -2.34. The van der Waals surface area contributed by atoms with E-state index in [0.29, 0.717) is 10.9 Å². The fourth-order valence-electron chi connectivity index (χ4n) is 3.08. The Morgan fingerprint density at radius 3 is 2.61 bits per heavy atom. The van der Waals surface area contributed by atoms with Gasteiger partial charge in [-0.2, -0.15) is 5.10 Å². The third-order valence-corrected chi connectivity index (χ3v) is 7.68. The van der Waals surface area contributed by atoms with Gasteiger partial charge in [-0.3, -0.25) is 9.59 Å². The van der Waals surface area contributed by atoms with Gasteiger partial charge < -0.3 is 4.98 Å². The topological polar surface area (TPSA) is 132 Å². The molecule has 0 aliphatic rings. The lowest BCUT2D eigenvalue weighted by atomic mass is 10.2. The zero-order chi connectivity index (χ0) is 22.2. The molecular weight excluding hydrogens is 440 g/mol. The molecule has 1 N–H and O–H groups in total. The summed E-state index contributed by atoms with van der Waals surface area (Å²) in [5, 5.41) is 9.72. The molecule has 3 aromatic heterocycles. The van der Waals surface area contributed by atoms with Crippen LogP contribution in [0.1, 0.15) is 11.3 Å². The maximum Gasteiger partial charge on any atom is 0.334 e. The Labute approximate surface area is 179 Å². The van der Waals surface area contributed by atoms with Crippen LogP contribution in [0.2, 0.25) is 0 Å². The van der Waals surface area contributed by atoms with E-state index >= 15 is 0 Å². The summed E-state index contributed by atoms with van der Waals surface area (Å²) in [6, 6.07) is 11.0. The minimum atomic E-state index is -3.69. The molecule has 0 fully saturated rings. The van der Waals surface area contributed by atoms with E-state index in [9.17, 15) is 22.8 Å². The van der Waals surface area contributed by atoms with Crippen LogP contribution < -0.4 is 11.2 Å². The number of aromatic amines is 1. The number of nitrogens with zero attached hydrogens (tertiary/aromatic N) is 3. The zero-order valence-corrected chi connectivity index (χ0v) is 17.9. The van der Waals surface area contributed by atoms with E-state index in [4.69, 9.17) is 0 Å². The van der Waals surface area contributed by atoms with Gasteiger partial charge in [0.15, 0.2) is 21.4 Å². The van der Waals surface area contributed by atoms with Crippen LogP contribution in [-0.4, -0.2) is 39.7 Å². The van der Waals surface area contributed by atoms with Crippen molar-refractivity contribution >= 4 is 37.9 Å². The van der Waals surface area contributed by atoms with Crippen molar-refractivity contribution in [3.05, 3.63) is 79.9 Å². The number of hydrogen-bond acceptors (Lipinski definition) is 8. The van der Waals surface area contributed by atoms with Crippen LogP contribution in [0.3, 0.4) is 0 Å². The first kappa shape index (κ1) is 20.8. The van der Waals surface area contributed by atoms with Crippen molar-refractivity contribution in [2.75, 3.05) is 5.75 Å². The number of Topliss-reactive ketones (excluding diaryl/α,β-unsaturated/α-hetero) is 1. The summed E-state index contributed by atoms with van der Waals surface area (Å²) >= 11 is 1.05. The van der Waals surface area contributed by atoms with E-state index in [1.54, 1.807) is 29.6 Å². The molecule has 4 rings (SSSR count). The van der Waals surface area contributed by atoms with E-state index in [1.165, 1.54) is 18.2 Å². The second kappa shape index (κ2) is 8.00. The number of rotatable bonds is 6. The molecule has 0 bridgehead atoms. The number of carbonyl (C=O) groups excluding carboxylic acids is 1. The van der Waals surface area contributed by atoms with Gasteiger partial charge in [-0.15, -0.1) is 16.4 Å². The predicted molar refractivity (Wildman–Crippen MR) is 116 cm³/mol. The van der Waals surface area contributed by atoms with E-state index < -0.39 is 32.6 Å². The summed E-state index contributed by atoms with van der Waals surface area (Å²) in [4.78, 5) is 40.0. The molecule has 9 nitrogen and oxygen atoms in total. The molecule has 4 aromatic rings. The van der Waals surface area contributed by atoms with Gasteiger partial charge in [0.25, 0.3) is 5.56 Å². The molecule has 0 saturated heterocycles. The second-order valence-corrected chi connectivity index (χ2v) is 10.1. The van der Waals surface area contributed by atoms with E-state index in [2.05, 4.69) is 15.2 Å². The number of aromatic nitrogens is 4. The number of nitrogens with one attached hydrogen (secondary N) is 1. The lowest BCUT2D eigenvalue weighted by molar-refractivity contribution is -0.116. The Kier molecular flexibility index (Phi) is 5.38. The van der Waals surface area contributed by atoms with Crippen LogP contribution in [0.4, 0.5) is 0 Å². The van der Waals surface area contributed by atoms with Crippen LogP contribution >= 0.6 is 11.3 Å². The summed E-state index contributed by atoms with van der Waals surface area (Å²) in [7, 11) is -3.69. The highest BCUT2D eigenvalue weighted by Gasteiger charge is 2.21. The minimum Gasteiger partial charge on any atom is -0.306 e. The molecule has 0 radical (unpaired) electrons. The van der Waals surface area contributed by atoms with Crippen LogP contribution in [0, 0.1) is 6.92 Å². The van der Waals surface area contributed by atoms with Gasteiger partial charge in [0.05, 0.1) is 23.0 Å². The lowest BCUT2D eigenvalue weighted by Gasteiger charge is -2.06. The van der Waals surface area contributed by atoms with E-state index in [1.807, 2.05) is 6.92 Å². The summed E-state index contributed by atoms with van der Waals surface area (Å²) in [6.45, 7) is 1.85. The van der Waals surface area contributed by atoms with Gasteiger partial charge in [-0.05, 0) is 48.2 Å². The molecule has 0 aliphatic heterocycles. The first-order valence-corrected chi connectivity index (χ1v) is 11.6. The fraction of sp³-hybridized carbons (Fsp3) is 0.150. The molecular formula is C20H16N4O5S2. The van der Waals surface area contributed by atoms with Gasteiger partial charge in [0, 0.05) is 0 Å². The van der Waals surface area contributed by atoms with Crippen LogP contribution in [0.15, 0.2) is 61.6 Å². The van der Waals surface area contributed by atoms with Crippen molar-refractivity contribution in [1.82, 2.24) is 19.7 Å². The highest BCUT2D eigenvalue weighted by atomic mass is 32.2.